The van der Waals surface area contributed by atoms with E-state index in [4.69, 9.17) is 4.74 Å². The van der Waals surface area contributed by atoms with Crippen molar-refractivity contribution in [1.29, 1.82) is 0 Å². The molecule has 0 radical (unpaired) electrons. The number of benzene rings is 1. The zero-order valence-electron chi connectivity index (χ0n) is 17.1. The second-order valence-electron chi connectivity index (χ2n) is 7.44. The lowest BCUT2D eigenvalue weighted by molar-refractivity contribution is -0.892. The van der Waals surface area contributed by atoms with Gasteiger partial charge in [-0.05, 0) is 32.0 Å². The second-order valence-corrected chi connectivity index (χ2v) is 7.44. The summed E-state index contributed by atoms with van der Waals surface area (Å²) in [6.07, 6.45) is 1.47. The number of anilines is 1. The van der Waals surface area contributed by atoms with Gasteiger partial charge in [0.25, 0.3) is 0 Å². The number of rotatable bonds is 6. The van der Waals surface area contributed by atoms with Crippen LogP contribution in [0, 0.1) is 13.8 Å². The number of carbonyl (C=O) groups is 1. The Balaban J connectivity index is 1.41. The molecule has 29 heavy (non-hydrogen) atoms. The van der Waals surface area contributed by atoms with E-state index in [1.54, 1.807) is 7.11 Å². The fraction of sp³-hybridized carbons (Fsp3) is 0.381. The zero-order valence-corrected chi connectivity index (χ0v) is 17.1. The van der Waals surface area contributed by atoms with Crippen LogP contribution in [0.4, 0.5) is 5.69 Å². The van der Waals surface area contributed by atoms with Gasteiger partial charge in [-0.25, -0.2) is 5.10 Å². The van der Waals surface area contributed by atoms with E-state index in [1.165, 1.54) is 11.2 Å². The topological polar surface area (TPSA) is 80.5 Å². The summed E-state index contributed by atoms with van der Waals surface area (Å²) in [6, 6.07) is 10.0. The van der Waals surface area contributed by atoms with Gasteiger partial charge < -0.3 is 14.5 Å². The van der Waals surface area contributed by atoms with Crippen LogP contribution in [-0.2, 0) is 0 Å². The summed E-state index contributed by atoms with van der Waals surface area (Å²) in [6.45, 7) is 8.08. The van der Waals surface area contributed by atoms with Gasteiger partial charge in [-0.3, -0.25) is 9.36 Å². The van der Waals surface area contributed by atoms with E-state index in [9.17, 15) is 4.79 Å². The Morgan fingerprint density at radius 3 is 2.69 bits per heavy atom. The Hall–Kier alpha value is -3.13. The lowest BCUT2D eigenvalue weighted by atomic mass is 10.1. The molecule has 1 saturated heterocycles. The summed E-state index contributed by atoms with van der Waals surface area (Å²) in [5.74, 6) is 1.70. The number of quaternary nitrogens is 1. The molecule has 0 spiro atoms. The van der Waals surface area contributed by atoms with Crippen molar-refractivity contribution in [3.8, 4) is 11.7 Å². The number of hydrogen-bond acceptors (Lipinski definition) is 5. The molecule has 2 N–H and O–H groups in total. The fourth-order valence-electron chi connectivity index (χ4n) is 4.13. The van der Waals surface area contributed by atoms with E-state index >= 15 is 0 Å². The minimum Gasteiger partial charge on any atom is -0.495 e. The molecule has 2 aromatic heterocycles. The predicted molar refractivity (Wildman–Crippen MR) is 110 cm³/mol. The molecule has 8 nitrogen and oxygen atoms in total. The lowest BCUT2D eigenvalue weighted by Crippen LogP contribution is -3.15. The van der Waals surface area contributed by atoms with Crippen LogP contribution in [0.1, 0.15) is 21.7 Å². The van der Waals surface area contributed by atoms with Crippen molar-refractivity contribution >= 4 is 11.5 Å². The molecule has 1 aromatic carbocycles. The molecule has 3 heterocycles. The number of methoxy groups -OCH3 is 1. The normalized spacial score (nSPS) is 14.9. The summed E-state index contributed by atoms with van der Waals surface area (Å²) < 4.78 is 7.43. The molecular weight excluding hydrogens is 368 g/mol. The van der Waals surface area contributed by atoms with Crippen molar-refractivity contribution in [1.82, 2.24) is 19.7 Å². The molecule has 8 heteroatoms. The number of hydrogen-bond donors (Lipinski definition) is 2. The maximum Gasteiger partial charge on any atom is 0.229 e. The van der Waals surface area contributed by atoms with Gasteiger partial charge in [0, 0.05) is 17.0 Å². The van der Waals surface area contributed by atoms with E-state index in [0.717, 1.165) is 54.6 Å². The molecule has 1 aliphatic rings. The van der Waals surface area contributed by atoms with Crippen LogP contribution in [0.25, 0.3) is 5.95 Å². The summed E-state index contributed by atoms with van der Waals surface area (Å²) in [5.41, 5.74) is 3.75. The van der Waals surface area contributed by atoms with E-state index in [0.29, 0.717) is 12.5 Å². The Morgan fingerprint density at radius 2 is 2.00 bits per heavy atom. The van der Waals surface area contributed by atoms with Crippen molar-refractivity contribution in [3.05, 3.63) is 53.6 Å². The summed E-state index contributed by atoms with van der Waals surface area (Å²) in [5, 5.41) is 6.78. The van der Waals surface area contributed by atoms with E-state index in [-0.39, 0.29) is 5.78 Å². The Kier molecular flexibility index (Phi) is 5.35. The Bertz CT molecular complexity index is 987. The minimum atomic E-state index is 0.171. The molecule has 3 aromatic rings. The number of Topliss-reactive ketones (excluding diaryl/α,β-unsaturated/α-hetero) is 1. The number of H-pyrrole nitrogens is 1. The van der Waals surface area contributed by atoms with Gasteiger partial charge in [-0.2, -0.15) is 10.1 Å². The highest BCUT2D eigenvalue weighted by Gasteiger charge is 2.26. The third-order valence-electron chi connectivity index (χ3n) is 5.65. The highest BCUT2D eigenvalue weighted by molar-refractivity contribution is 5.98. The molecule has 0 saturated carbocycles. The molecule has 152 valence electrons. The molecule has 0 amide bonds. The van der Waals surface area contributed by atoms with Gasteiger partial charge in [-0.15, -0.1) is 0 Å². The van der Waals surface area contributed by atoms with Crippen LogP contribution in [0.3, 0.4) is 0 Å². The van der Waals surface area contributed by atoms with Crippen molar-refractivity contribution in [3.63, 3.8) is 0 Å². The highest BCUT2D eigenvalue weighted by atomic mass is 16.5. The smallest absolute Gasteiger partial charge is 0.229 e. The third-order valence-corrected chi connectivity index (χ3v) is 5.65. The van der Waals surface area contributed by atoms with Crippen molar-refractivity contribution in [2.75, 3.05) is 44.7 Å². The monoisotopic (exact) mass is 395 g/mol. The molecule has 1 fully saturated rings. The third kappa shape index (κ3) is 3.75. The average molecular weight is 395 g/mol. The maximum absolute atomic E-state index is 13.0. The SMILES string of the molecule is COc1ccccc1N1CC[NH+](CC(=O)c2cc(C)n(-c3ncn[nH]3)c2C)CC1. The van der Waals surface area contributed by atoms with Crippen LogP contribution in [0.2, 0.25) is 0 Å². The standard InChI is InChI=1S/C21H26N6O2/c1-15-12-17(16(2)27(15)21-22-14-23-24-21)19(28)13-25-8-10-26(11-9-25)18-6-4-5-7-20(18)29-3/h4-7,12,14H,8-11,13H2,1-3H3,(H,22,23,24)/p+1. The van der Waals surface area contributed by atoms with Gasteiger partial charge in [-0.1, -0.05) is 12.1 Å². The number of aryl methyl sites for hydroxylation is 1. The first kappa shape index (κ1) is 19.2. The largest absolute Gasteiger partial charge is 0.495 e. The van der Waals surface area contributed by atoms with Gasteiger partial charge in [0.1, 0.15) is 18.6 Å². The van der Waals surface area contributed by atoms with Gasteiger partial charge in [0.05, 0.1) is 39.0 Å². The summed E-state index contributed by atoms with van der Waals surface area (Å²) >= 11 is 0. The van der Waals surface area contributed by atoms with Crippen molar-refractivity contribution in [2.24, 2.45) is 0 Å². The number of carbonyl (C=O) groups excluding carboxylic acids is 1. The fourth-order valence-corrected chi connectivity index (χ4v) is 4.13. The Labute approximate surface area is 170 Å². The molecule has 0 bridgehead atoms. The van der Waals surface area contributed by atoms with E-state index in [2.05, 4.69) is 26.1 Å². The molecule has 0 unspecified atom stereocenters. The van der Waals surface area contributed by atoms with Gasteiger partial charge >= 0.3 is 0 Å². The summed E-state index contributed by atoms with van der Waals surface area (Å²) in [4.78, 5) is 20.9. The number of para-hydroxylation sites is 2. The molecule has 4 rings (SSSR count). The van der Waals surface area contributed by atoms with Crippen LogP contribution in [-0.4, -0.2) is 65.4 Å². The van der Waals surface area contributed by atoms with Crippen LogP contribution >= 0.6 is 0 Å². The number of nitrogens with zero attached hydrogens (tertiary/aromatic N) is 4. The first-order valence-electron chi connectivity index (χ1n) is 9.88. The number of aromatic amines is 1. The first-order chi connectivity index (χ1) is 14.1. The van der Waals surface area contributed by atoms with Crippen molar-refractivity contribution in [2.45, 2.75) is 13.8 Å². The quantitative estimate of drug-likeness (QED) is 0.604. The number of ether oxygens (including phenoxy) is 1. The minimum absolute atomic E-state index is 0.171. The molecule has 0 aliphatic carbocycles. The predicted octanol–water partition coefficient (Wildman–Crippen LogP) is 0.809. The van der Waals surface area contributed by atoms with E-state index in [1.807, 2.05) is 42.7 Å². The number of aromatic nitrogens is 4. The number of piperazine rings is 1. The number of nitrogens with one attached hydrogen (secondary N) is 2. The van der Waals surface area contributed by atoms with Gasteiger partial charge in [0.15, 0.2) is 0 Å². The van der Waals surface area contributed by atoms with Crippen molar-refractivity contribution < 1.29 is 14.4 Å². The second kappa shape index (κ2) is 8.08. The molecule has 1 aliphatic heterocycles. The maximum atomic E-state index is 13.0. The van der Waals surface area contributed by atoms with E-state index < -0.39 is 0 Å². The molecular formula is C21H27N6O2+. The average Bonchev–Trinajstić information content (AvgIpc) is 3.36. The van der Waals surface area contributed by atoms with Crippen LogP contribution < -0.4 is 14.5 Å². The number of ketones is 1. The van der Waals surface area contributed by atoms with Crippen LogP contribution in [0.15, 0.2) is 36.7 Å². The van der Waals surface area contributed by atoms with Crippen LogP contribution in [0.5, 0.6) is 5.75 Å². The Morgan fingerprint density at radius 1 is 1.24 bits per heavy atom. The zero-order chi connectivity index (χ0) is 20.4. The first-order valence-corrected chi connectivity index (χ1v) is 9.88. The van der Waals surface area contributed by atoms with Gasteiger partial charge in [0.2, 0.25) is 11.7 Å². The lowest BCUT2D eigenvalue weighted by Gasteiger charge is -2.34. The highest BCUT2D eigenvalue weighted by Crippen LogP contribution is 2.27. The molecule has 0 atom stereocenters. The summed E-state index contributed by atoms with van der Waals surface area (Å²) in [7, 11) is 1.70.